The van der Waals surface area contributed by atoms with Gasteiger partial charge in [-0.05, 0) is 13.1 Å². The van der Waals surface area contributed by atoms with Crippen LogP contribution in [0.2, 0.25) is 0 Å². The summed E-state index contributed by atoms with van der Waals surface area (Å²) in [6.45, 7) is 0. The van der Waals surface area contributed by atoms with Crippen LogP contribution in [-0.4, -0.2) is 15.5 Å². The Morgan fingerprint density at radius 3 is 2.69 bits per heavy atom. The molecule has 70 valence electrons. The standard InChI is InChI=1S/C8H10N2O2S/c1-9-7-4-3-5-8(6-7)13(11,12)10-2/h3-6,10H,1H2,2H3. The summed E-state index contributed by atoms with van der Waals surface area (Å²) in [4.78, 5) is 0.194. The van der Waals surface area contributed by atoms with Crippen LogP contribution in [0.3, 0.4) is 0 Å². The number of sulfonamides is 1. The molecule has 0 atom stereocenters. The van der Waals surface area contributed by atoms with E-state index in [0.29, 0.717) is 5.69 Å². The van der Waals surface area contributed by atoms with E-state index in [9.17, 15) is 8.42 Å². The summed E-state index contributed by atoms with van der Waals surface area (Å²) in [6.07, 6.45) is 0. The molecule has 0 saturated carbocycles. The van der Waals surface area contributed by atoms with Crippen LogP contribution in [0, 0.1) is 7.05 Å². The van der Waals surface area contributed by atoms with Gasteiger partial charge < -0.3 is 5.32 Å². The Morgan fingerprint density at radius 2 is 2.15 bits per heavy atom. The Labute approximate surface area is 78.0 Å². The second-order valence-corrected chi connectivity index (χ2v) is 4.25. The van der Waals surface area contributed by atoms with Gasteiger partial charge in [0.25, 0.3) is 0 Å². The smallest absolute Gasteiger partial charge is 0.240 e. The SMILES string of the molecule is [CH2+][N-]c1cccc(S(=O)(=O)NC)c1. The highest BCUT2D eigenvalue weighted by Crippen LogP contribution is 2.20. The molecule has 5 heteroatoms. The maximum Gasteiger partial charge on any atom is 0.240 e. The van der Waals surface area contributed by atoms with Crippen molar-refractivity contribution in [2.75, 3.05) is 7.05 Å². The van der Waals surface area contributed by atoms with E-state index < -0.39 is 10.0 Å². The molecular formula is C8H10N2O2S. The topological polar surface area (TPSA) is 60.3 Å². The predicted octanol–water partition coefficient (Wildman–Crippen LogP) is 1.39. The second kappa shape index (κ2) is 3.68. The Kier molecular flexibility index (Phi) is 2.79. The Bertz CT molecular complexity index is 387. The molecule has 1 aromatic carbocycles. The van der Waals surface area contributed by atoms with Gasteiger partial charge in [-0.1, -0.05) is 18.2 Å². The van der Waals surface area contributed by atoms with Crippen LogP contribution in [0.5, 0.6) is 0 Å². The van der Waals surface area contributed by atoms with E-state index in [1.165, 1.54) is 19.2 Å². The van der Waals surface area contributed by atoms with Gasteiger partial charge in [0, 0.05) is 7.05 Å². The second-order valence-electron chi connectivity index (χ2n) is 2.36. The lowest BCUT2D eigenvalue weighted by Crippen LogP contribution is -2.18. The van der Waals surface area contributed by atoms with Crippen molar-refractivity contribution in [1.82, 2.24) is 4.72 Å². The zero-order valence-corrected chi connectivity index (χ0v) is 8.00. The molecule has 0 unspecified atom stereocenters. The fourth-order valence-corrected chi connectivity index (χ4v) is 1.64. The van der Waals surface area contributed by atoms with Crippen molar-refractivity contribution in [3.8, 4) is 0 Å². The van der Waals surface area contributed by atoms with Crippen LogP contribution in [0.15, 0.2) is 29.2 Å². The molecule has 0 spiro atoms. The number of hydrogen-bond acceptors (Lipinski definition) is 2. The third-order valence-electron chi connectivity index (χ3n) is 1.58. The molecule has 0 aliphatic heterocycles. The molecule has 13 heavy (non-hydrogen) atoms. The predicted molar refractivity (Wildman–Crippen MR) is 51.1 cm³/mol. The Morgan fingerprint density at radius 1 is 1.46 bits per heavy atom. The summed E-state index contributed by atoms with van der Waals surface area (Å²) in [5.74, 6) is 0. The average Bonchev–Trinajstić information content (AvgIpc) is 2.18. The summed E-state index contributed by atoms with van der Waals surface area (Å²) in [5.41, 5.74) is 0.538. The van der Waals surface area contributed by atoms with Gasteiger partial charge >= 0.3 is 0 Å². The minimum Gasteiger partial charge on any atom is -0.491 e. The number of hydrogen-bond donors (Lipinski definition) is 1. The molecule has 0 fully saturated rings. The summed E-state index contributed by atoms with van der Waals surface area (Å²) >= 11 is 0. The van der Waals surface area contributed by atoms with Gasteiger partial charge in [0.1, 0.15) is 0 Å². The van der Waals surface area contributed by atoms with E-state index in [1.807, 2.05) is 0 Å². The fourth-order valence-electron chi connectivity index (χ4n) is 0.867. The molecule has 0 saturated heterocycles. The summed E-state index contributed by atoms with van der Waals surface area (Å²) < 4.78 is 24.8. The van der Waals surface area contributed by atoms with Crippen molar-refractivity contribution in [2.45, 2.75) is 4.90 Å². The molecular weight excluding hydrogens is 188 g/mol. The maximum atomic E-state index is 11.3. The Balaban J connectivity index is 3.17. The molecule has 0 heterocycles. The van der Waals surface area contributed by atoms with E-state index in [0.717, 1.165) is 0 Å². The van der Waals surface area contributed by atoms with Gasteiger partial charge in [0.05, 0.1) is 4.90 Å². The van der Waals surface area contributed by atoms with Crippen molar-refractivity contribution in [3.05, 3.63) is 36.6 Å². The van der Waals surface area contributed by atoms with Crippen LogP contribution < -0.4 is 4.72 Å². The summed E-state index contributed by atoms with van der Waals surface area (Å²) in [7, 11) is 1.31. The highest BCUT2D eigenvalue weighted by molar-refractivity contribution is 7.89. The first-order chi connectivity index (χ1) is 6.10. The van der Waals surface area contributed by atoms with Gasteiger partial charge in [-0.3, -0.25) is 0 Å². The fraction of sp³-hybridized carbons (Fsp3) is 0.125. The van der Waals surface area contributed by atoms with E-state index in [2.05, 4.69) is 17.1 Å². The molecule has 0 amide bonds. The monoisotopic (exact) mass is 198 g/mol. The van der Waals surface area contributed by atoms with Crippen LogP contribution in [0.1, 0.15) is 0 Å². The van der Waals surface area contributed by atoms with Crippen LogP contribution in [0.4, 0.5) is 5.69 Å². The minimum atomic E-state index is -3.37. The van der Waals surface area contributed by atoms with Crippen LogP contribution in [-0.2, 0) is 10.0 Å². The van der Waals surface area contributed by atoms with Crippen molar-refractivity contribution in [3.63, 3.8) is 0 Å². The highest BCUT2D eigenvalue weighted by Gasteiger charge is 2.09. The molecule has 4 nitrogen and oxygen atoms in total. The Hall–Kier alpha value is -1.20. The number of nitrogens with one attached hydrogen (secondary N) is 1. The van der Waals surface area contributed by atoms with Crippen molar-refractivity contribution < 1.29 is 8.42 Å². The van der Waals surface area contributed by atoms with Gasteiger partial charge in [0.15, 0.2) is 0 Å². The lowest BCUT2D eigenvalue weighted by molar-refractivity contribution is 0.588. The first kappa shape index (κ1) is 9.88. The normalized spacial score (nSPS) is 11.2. The van der Waals surface area contributed by atoms with E-state index >= 15 is 0 Å². The van der Waals surface area contributed by atoms with Crippen molar-refractivity contribution in [1.29, 1.82) is 0 Å². The van der Waals surface area contributed by atoms with E-state index in [4.69, 9.17) is 0 Å². The first-order valence-electron chi connectivity index (χ1n) is 3.60. The van der Waals surface area contributed by atoms with Gasteiger partial charge in [-0.15, -0.1) is 5.69 Å². The largest absolute Gasteiger partial charge is 0.491 e. The molecule has 1 rings (SSSR count). The minimum absolute atomic E-state index is 0.194. The van der Waals surface area contributed by atoms with Gasteiger partial charge in [-0.2, -0.15) is 0 Å². The van der Waals surface area contributed by atoms with Gasteiger partial charge in [-0.25, -0.2) is 13.1 Å². The average molecular weight is 198 g/mol. The van der Waals surface area contributed by atoms with Crippen LogP contribution in [0.25, 0.3) is 5.32 Å². The van der Waals surface area contributed by atoms with E-state index in [-0.39, 0.29) is 4.90 Å². The summed E-state index contributed by atoms with van der Waals surface area (Å²) in [5, 5.41) is 3.64. The molecule has 0 bridgehead atoms. The quantitative estimate of drug-likeness (QED) is 0.746. The third kappa shape index (κ3) is 2.13. The lowest BCUT2D eigenvalue weighted by atomic mass is 10.3. The first-order valence-corrected chi connectivity index (χ1v) is 5.09. The van der Waals surface area contributed by atoms with E-state index in [1.54, 1.807) is 12.1 Å². The molecule has 0 aliphatic rings. The zero-order chi connectivity index (χ0) is 9.90. The van der Waals surface area contributed by atoms with Gasteiger partial charge in [0.2, 0.25) is 10.0 Å². The van der Waals surface area contributed by atoms with Crippen molar-refractivity contribution >= 4 is 15.7 Å². The maximum absolute atomic E-state index is 11.3. The zero-order valence-electron chi connectivity index (χ0n) is 7.19. The summed E-state index contributed by atoms with van der Waals surface area (Å²) in [6, 6.07) is 6.26. The van der Waals surface area contributed by atoms with Crippen molar-refractivity contribution in [2.24, 2.45) is 0 Å². The lowest BCUT2D eigenvalue weighted by Gasteiger charge is -2.08. The highest BCUT2D eigenvalue weighted by atomic mass is 32.2. The number of rotatable bonds is 3. The van der Waals surface area contributed by atoms with Crippen LogP contribution >= 0.6 is 0 Å². The number of nitrogens with zero attached hydrogens (tertiary/aromatic N) is 1. The molecule has 0 radical (unpaired) electrons. The molecule has 0 aliphatic carbocycles. The molecule has 1 aromatic rings. The third-order valence-corrected chi connectivity index (χ3v) is 2.99. The molecule has 1 N–H and O–H groups in total. The number of benzene rings is 1. The molecule has 0 aromatic heterocycles.